The van der Waals surface area contributed by atoms with Gasteiger partial charge in [0.05, 0.1) is 0 Å². The Bertz CT molecular complexity index is 929. The van der Waals surface area contributed by atoms with Gasteiger partial charge in [0.25, 0.3) is 5.78 Å². The normalized spacial score (nSPS) is 15.7. The number of fused-ring (bicyclic) bond motifs is 1. The summed E-state index contributed by atoms with van der Waals surface area (Å²) in [5.41, 5.74) is -0.0333. The monoisotopic (exact) mass is 363 g/mol. The standard InChI is InChI=1S/C16H16F3N7/c1-11-9-14(26-15(22-11)20-10-21-26)25-7-5-24(6-8-25)13-4-2-3-12(23-13)16(17,18)19/h2-4,9-10H,5-8H2,1H3. The average Bonchev–Trinajstić information content (AvgIpc) is 3.09. The fourth-order valence-corrected chi connectivity index (χ4v) is 3.06. The van der Waals surface area contributed by atoms with Crippen molar-refractivity contribution < 1.29 is 13.2 Å². The van der Waals surface area contributed by atoms with Crippen LogP contribution in [0.3, 0.4) is 0 Å². The Morgan fingerprint density at radius 3 is 2.46 bits per heavy atom. The first-order chi connectivity index (χ1) is 12.4. The highest BCUT2D eigenvalue weighted by atomic mass is 19.4. The predicted molar refractivity (Wildman–Crippen MR) is 89.2 cm³/mol. The minimum atomic E-state index is -4.44. The minimum Gasteiger partial charge on any atom is -0.353 e. The molecule has 0 aliphatic carbocycles. The second kappa shape index (κ2) is 6.11. The molecule has 3 aromatic heterocycles. The van der Waals surface area contributed by atoms with Gasteiger partial charge in [0, 0.05) is 37.9 Å². The zero-order valence-electron chi connectivity index (χ0n) is 14.0. The molecule has 26 heavy (non-hydrogen) atoms. The van der Waals surface area contributed by atoms with Gasteiger partial charge in [0.2, 0.25) is 0 Å². The van der Waals surface area contributed by atoms with E-state index in [9.17, 15) is 13.2 Å². The molecule has 0 atom stereocenters. The number of aromatic nitrogens is 5. The number of alkyl halides is 3. The first-order valence-electron chi connectivity index (χ1n) is 8.13. The van der Waals surface area contributed by atoms with Crippen molar-refractivity contribution >= 4 is 17.4 Å². The van der Waals surface area contributed by atoms with E-state index in [0.717, 1.165) is 17.6 Å². The van der Waals surface area contributed by atoms with Crippen LogP contribution in [0, 0.1) is 6.92 Å². The molecule has 1 aliphatic rings. The third-order valence-corrected chi connectivity index (χ3v) is 4.31. The van der Waals surface area contributed by atoms with Gasteiger partial charge in [-0.25, -0.2) is 9.97 Å². The van der Waals surface area contributed by atoms with E-state index in [1.165, 1.54) is 12.4 Å². The number of anilines is 2. The second-order valence-electron chi connectivity index (χ2n) is 6.08. The number of aryl methyl sites for hydroxylation is 1. The van der Waals surface area contributed by atoms with E-state index in [1.807, 2.05) is 17.9 Å². The third-order valence-electron chi connectivity index (χ3n) is 4.31. The molecule has 1 fully saturated rings. The maximum Gasteiger partial charge on any atom is 0.433 e. The first-order valence-corrected chi connectivity index (χ1v) is 8.13. The molecular formula is C16H16F3N7. The van der Waals surface area contributed by atoms with Crippen molar-refractivity contribution in [2.75, 3.05) is 36.0 Å². The topological polar surface area (TPSA) is 62.5 Å². The molecular weight excluding hydrogens is 347 g/mol. The first kappa shape index (κ1) is 16.6. The molecule has 0 amide bonds. The summed E-state index contributed by atoms with van der Waals surface area (Å²) < 4.78 is 40.3. The van der Waals surface area contributed by atoms with Crippen LogP contribution < -0.4 is 9.80 Å². The van der Waals surface area contributed by atoms with Gasteiger partial charge in [-0.3, -0.25) is 0 Å². The lowest BCUT2D eigenvalue weighted by Crippen LogP contribution is -2.47. The van der Waals surface area contributed by atoms with E-state index in [0.29, 0.717) is 37.8 Å². The Labute approximate surface area is 147 Å². The number of piperazine rings is 1. The van der Waals surface area contributed by atoms with Crippen LogP contribution in [0.25, 0.3) is 5.78 Å². The van der Waals surface area contributed by atoms with Crippen LogP contribution in [0.4, 0.5) is 24.8 Å². The van der Waals surface area contributed by atoms with Crippen molar-refractivity contribution in [1.29, 1.82) is 0 Å². The summed E-state index contributed by atoms with van der Waals surface area (Å²) in [5, 5.41) is 4.20. The van der Waals surface area contributed by atoms with Crippen molar-refractivity contribution in [3.63, 3.8) is 0 Å². The third kappa shape index (κ3) is 3.02. The van der Waals surface area contributed by atoms with Gasteiger partial charge in [0.15, 0.2) is 0 Å². The Morgan fingerprint density at radius 2 is 1.73 bits per heavy atom. The van der Waals surface area contributed by atoms with Crippen molar-refractivity contribution in [1.82, 2.24) is 24.6 Å². The van der Waals surface area contributed by atoms with Crippen molar-refractivity contribution in [2.45, 2.75) is 13.1 Å². The molecule has 10 heteroatoms. The van der Waals surface area contributed by atoms with Gasteiger partial charge in [-0.2, -0.15) is 27.8 Å². The number of rotatable bonds is 2. The molecule has 0 aromatic carbocycles. The molecule has 0 saturated carbocycles. The molecule has 4 rings (SSSR count). The lowest BCUT2D eigenvalue weighted by molar-refractivity contribution is -0.141. The van der Waals surface area contributed by atoms with Gasteiger partial charge in [-0.15, -0.1) is 0 Å². The summed E-state index contributed by atoms with van der Waals surface area (Å²) in [5.74, 6) is 1.75. The van der Waals surface area contributed by atoms with E-state index in [1.54, 1.807) is 10.6 Å². The number of halogens is 3. The molecule has 0 bridgehead atoms. The van der Waals surface area contributed by atoms with E-state index >= 15 is 0 Å². The molecule has 7 nitrogen and oxygen atoms in total. The molecule has 0 radical (unpaired) electrons. The molecule has 0 spiro atoms. The Hall–Kier alpha value is -2.91. The van der Waals surface area contributed by atoms with E-state index in [4.69, 9.17) is 0 Å². The van der Waals surface area contributed by atoms with E-state index in [-0.39, 0.29) is 0 Å². The Balaban J connectivity index is 1.53. The number of pyridine rings is 1. The quantitative estimate of drug-likeness (QED) is 0.695. The highest BCUT2D eigenvalue weighted by Crippen LogP contribution is 2.29. The van der Waals surface area contributed by atoms with Gasteiger partial charge in [0.1, 0.15) is 23.7 Å². The summed E-state index contributed by atoms with van der Waals surface area (Å²) in [6, 6.07) is 5.92. The van der Waals surface area contributed by atoms with E-state index in [2.05, 4.69) is 25.0 Å². The van der Waals surface area contributed by atoms with Gasteiger partial charge >= 0.3 is 6.18 Å². The summed E-state index contributed by atoms with van der Waals surface area (Å²) in [6.07, 6.45) is -2.99. The molecule has 0 unspecified atom stereocenters. The van der Waals surface area contributed by atoms with Crippen LogP contribution in [0.5, 0.6) is 0 Å². The molecule has 0 N–H and O–H groups in total. The minimum absolute atomic E-state index is 0.344. The zero-order valence-corrected chi connectivity index (χ0v) is 14.0. The van der Waals surface area contributed by atoms with Crippen molar-refractivity contribution in [3.05, 3.63) is 42.0 Å². The fourth-order valence-electron chi connectivity index (χ4n) is 3.06. The van der Waals surface area contributed by atoms with Crippen LogP contribution in [-0.4, -0.2) is 50.7 Å². The maximum absolute atomic E-state index is 12.9. The van der Waals surface area contributed by atoms with Crippen LogP contribution in [0.1, 0.15) is 11.4 Å². The number of hydrogen-bond donors (Lipinski definition) is 0. The van der Waals surface area contributed by atoms with Crippen molar-refractivity contribution in [3.8, 4) is 0 Å². The lowest BCUT2D eigenvalue weighted by Gasteiger charge is -2.36. The Morgan fingerprint density at radius 1 is 1.00 bits per heavy atom. The fraction of sp³-hybridized carbons (Fsp3) is 0.375. The smallest absolute Gasteiger partial charge is 0.353 e. The van der Waals surface area contributed by atoms with Crippen LogP contribution >= 0.6 is 0 Å². The number of nitrogens with zero attached hydrogens (tertiary/aromatic N) is 7. The Kier molecular flexibility index (Phi) is 3.89. The van der Waals surface area contributed by atoms with Gasteiger partial charge < -0.3 is 9.80 Å². The molecule has 3 aromatic rings. The number of hydrogen-bond acceptors (Lipinski definition) is 6. The molecule has 1 saturated heterocycles. The largest absolute Gasteiger partial charge is 0.433 e. The lowest BCUT2D eigenvalue weighted by atomic mass is 10.2. The summed E-state index contributed by atoms with van der Waals surface area (Å²) in [7, 11) is 0. The molecule has 136 valence electrons. The summed E-state index contributed by atoms with van der Waals surface area (Å²) in [4.78, 5) is 16.2. The summed E-state index contributed by atoms with van der Waals surface area (Å²) in [6.45, 7) is 4.28. The second-order valence-corrected chi connectivity index (χ2v) is 6.08. The van der Waals surface area contributed by atoms with Crippen LogP contribution in [0.2, 0.25) is 0 Å². The average molecular weight is 363 g/mol. The molecule has 4 heterocycles. The van der Waals surface area contributed by atoms with Crippen LogP contribution in [-0.2, 0) is 6.18 Å². The maximum atomic E-state index is 12.9. The van der Waals surface area contributed by atoms with Gasteiger partial charge in [-0.05, 0) is 19.1 Å². The highest BCUT2D eigenvalue weighted by Gasteiger charge is 2.33. The van der Waals surface area contributed by atoms with Crippen LogP contribution in [0.15, 0.2) is 30.6 Å². The SMILES string of the molecule is Cc1cc(N2CCN(c3cccc(C(F)(F)F)n3)CC2)n2ncnc2n1. The van der Waals surface area contributed by atoms with E-state index < -0.39 is 11.9 Å². The van der Waals surface area contributed by atoms with Crippen molar-refractivity contribution in [2.24, 2.45) is 0 Å². The summed E-state index contributed by atoms with van der Waals surface area (Å²) >= 11 is 0. The zero-order chi connectivity index (χ0) is 18.3. The molecule has 1 aliphatic heterocycles. The van der Waals surface area contributed by atoms with Gasteiger partial charge in [-0.1, -0.05) is 6.07 Å². The highest BCUT2D eigenvalue weighted by molar-refractivity contribution is 5.49. The predicted octanol–water partition coefficient (Wildman–Crippen LogP) is 2.17.